The highest BCUT2D eigenvalue weighted by atomic mass is 32.2. The van der Waals surface area contributed by atoms with Gasteiger partial charge in [-0.3, -0.25) is 4.79 Å². The number of rotatable bonds is 7. The summed E-state index contributed by atoms with van der Waals surface area (Å²) in [5, 5.41) is 2.71. The lowest BCUT2D eigenvalue weighted by Gasteiger charge is -2.18. The average molecular weight is 404 g/mol. The van der Waals surface area contributed by atoms with Gasteiger partial charge in [0.15, 0.2) is 0 Å². The number of methoxy groups -OCH3 is 1. The number of carbonyl (C=O) groups excluding carboxylic acids is 1. The zero-order valence-corrected chi connectivity index (χ0v) is 16.8. The van der Waals surface area contributed by atoms with Gasteiger partial charge in [0.05, 0.1) is 17.5 Å². The molecule has 1 atom stereocenters. The van der Waals surface area contributed by atoms with E-state index in [0.717, 1.165) is 30.8 Å². The van der Waals surface area contributed by atoms with E-state index in [0.29, 0.717) is 5.69 Å². The van der Waals surface area contributed by atoms with Crippen molar-refractivity contribution in [3.05, 3.63) is 54.1 Å². The zero-order chi connectivity index (χ0) is 20.1. The molecule has 0 radical (unpaired) electrons. The molecule has 2 N–H and O–H groups in total. The van der Waals surface area contributed by atoms with Crippen LogP contribution in [-0.2, 0) is 19.6 Å². The van der Waals surface area contributed by atoms with Crippen molar-refractivity contribution >= 4 is 27.3 Å². The maximum absolute atomic E-state index is 12.3. The number of hydrogen-bond acceptors (Lipinski definition) is 5. The Balaban J connectivity index is 1.53. The van der Waals surface area contributed by atoms with Crippen LogP contribution in [0.1, 0.15) is 12.0 Å². The first-order valence-electron chi connectivity index (χ1n) is 9.11. The van der Waals surface area contributed by atoms with Gasteiger partial charge in [-0.2, -0.15) is 0 Å². The molecule has 0 aliphatic carbocycles. The average Bonchev–Trinajstić information content (AvgIpc) is 3.16. The van der Waals surface area contributed by atoms with Crippen molar-refractivity contribution in [3.63, 3.8) is 0 Å². The molecule has 3 rings (SSSR count). The fourth-order valence-electron chi connectivity index (χ4n) is 3.14. The fourth-order valence-corrected chi connectivity index (χ4v) is 4.23. The predicted molar refractivity (Wildman–Crippen MR) is 109 cm³/mol. The van der Waals surface area contributed by atoms with Gasteiger partial charge in [-0.25, -0.2) is 13.1 Å². The van der Waals surface area contributed by atoms with E-state index in [9.17, 15) is 13.2 Å². The SMILES string of the molecule is COC1CCN(c2ccc(NC(=O)CNS(=O)(=O)c3cccc(C)c3)cc2)C1. The molecule has 0 bridgehead atoms. The van der Waals surface area contributed by atoms with Crippen LogP contribution in [0.25, 0.3) is 0 Å². The van der Waals surface area contributed by atoms with Crippen molar-refractivity contribution in [3.8, 4) is 0 Å². The van der Waals surface area contributed by atoms with Crippen LogP contribution >= 0.6 is 0 Å². The summed E-state index contributed by atoms with van der Waals surface area (Å²) in [6, 6.07) is 14.0. The highest BCUT2D eigenvalue weighted by molar-refractivity contribution is 7.89. The molecule has 1 saturated heterocycles. The van der Waals surface area contributed by atoms with Crippen molar-refractivity contribution in [2.45, 2.75) is 24.3 Å². The van der Waals surface area contributed by atoms with Gasteiger partial charge in [-0.1, -0.05) is 12.1 Å². The number of carbonyl (C=O) groups is 1. The quantitative estimate of drug-likeness (QED) is 0.740. The molecule has 0 spiro atoms. The van der Waals surface area contributed by atoms with E-state index in [1.807, 2.05) is 37.3 Å². The van der Waals surface area contributed by atoms with E-state index in [1.54, 1.807) is 19.2 Å². The second-order valence-electron chi connectivity index (χ2n) is 6.83. The minimum Gasteiger partial charge on any atom is -0.380 e. The standard InChI is InChI=1S/C20H25N3O4S/c1-15-4-3-5-19(12-15)28(25,26)21-13-20(24)22-16-6-8-17(9-7-16)23-11-10-18(14-23)27-2/h3-9,12,18,21H,10-11,13-14H2,1-2H3,(H,22,24). The molecule has 8 heteroatoms. The molecule has 2 aromatic carbocycles. The fraction of sp³-hybridized carbons (Fsp3) is 0.350. The number of hydrogen-bond donors (Lipinski definition) is 2. The first kappa shape index (κ1) is 20.3. The molecule has 28 heavy (non-hydrogen) atoms. The summed E-state index contributed by atoms with van der Waals surface area (Å²) in [5.74, 6) is -0.426. The molecular weight excluding hydrogens is 378 g/mol. The Labute approximate surface area is 165 Å². The van der Waals surface area contributed by atoms with Gasteiger partial charge in [-0.15, -0.1) is 0 Å². The normalized spacial score (nSPS) is 16.9. The summed E-state index contributed by atoms with van der Waals surface area (Å²) in [5.41, 5.74) is 2.52. The van der Waals surface area contributed by atoms with Crippen molar-refractivity contribution < 1.29 is 17.9 Å². The Morgan fingerprint density at radius 1 is 1.21 bits per heavy atom. The van der Waals surface area contributed by atoms with Gasteiger partial charge in [0.25, 0.3) is 0 Å². The van der Waals surface area contributed by atoms with Crippen molar-refractivity contribution in [2.75, 3.05) is 37.0 Å². The van der Waals surface area contributed by atoms with Crippen LogP contribution in [-0.4, -0.2) is 47.2 Å². The second kappa shape index (κ2) is 8.72. The van der Waals surface area contributed by atoms with Crippen LogP contribution in [0.2, 0.25) is 0 Å². The molecule has 1 heterocycles. The maximum atomic E-state index is 12.3. The van der Waals surface area contributed by atoms with Gasteiger partial charge in [0.2, 0.25) is 15.9 Å². The molecule has 0 aromatic heterocycles. The van der Waals surface area contributed by atoms with E-state index >= 15 is 0 Å². The van der Waals surface area contributed by atoms with Gasteiger partial charge in [0, 0.05) is 31.6 Å². The summed E-state index contributed by atoms with van der Waals surface area (Å²) in [6.45, 7) is 3.26. The lowest BCUT2D eigenvalue weighted by atomic mass is 10.2. The predicted octanol–water partition coefficient (Wildman–Crippen LogP) is 2.14. The van der Waals surface area contributed by atoms with Crippen LogP contribution in [0.4, 0.5) is 11.4 Å². The monoisotopic (exact) mass is 403 g/mol. The highest BCUT2D eigenvalue weighted by Crippen LogP contribution is 2.23. The number of benzene rings is 2. The van der Waals surface area contributed by atoms with Crippen molar-refractivity contribution in [1.82, 2.24) is 4.72 Å². The Morgan fingerprint density at radius 2 is 1.96 bits per heavy atom. The van der Waals surface area contributed by atoms with Gasteiger partial charge >= 0.3 is 0 Å². The molecule has 2 aromatic rings. The maximum Gasteiger partial charge on any atom is 0.241 e. The Kier molecular flexibility index (Phi) is 6.33. The molecule has 1 unspecified atom stereocenters. The van der Waals surface area contributed by atoms with E-state index in [2.05, 4.69) is 14.9 Å². The lowest BCUT2D eigenvalue weighted by Crippen LogP contribution is -2.32. The summed E-state index contributed by atoms with van der Waals surface area (Å²) in [4.78, 5) is 14.5. The van der Waals surface area contributed by atoms with E-state index in [-0.39, 0.29) is 17.5 Å². The molecule has 7 nitrogen and oxygen atoms in total. The number of sulfonamides is 1. The zero-order valence-electron chi connectivity index (χ0n) is 16.0. The molecule has 1 aliphatic heterocycles. The van der Waals surface area contributed by atoms with Gasteiger partial charge in [-0.05, 0) is 55.3 Å². The number of amides is 1. The number of ether oxygens (including phenoxy) is 1. The third-order valence-corrected chi connectivity index (χ3v) is 6.12. The Morgan fingerprint density at radius 3 is 2.61 bits per heavy atom. The third-order valence-electron chi connectivity index (χ3n) is 4.72. The summed E-state index contributed by atoms with van der Waals surface area (Å²) in [6.07, 6.45) is 1.25. The topological polar surface area (TPSA) is 87.7 Å². The van der Waals surface area contributed by atoms with Crippen molar-refractivity contribution in [1.29, 1.82) is 0 Å². The Bertz CT molecular complexity index is 929. The van der Waals surface area contributed by atoms with Crippen LogP contribution in [0.5, 0.6) is 0 Å². The number of anilines is 2. The van der Waals surface area contributed by atoms with E-state index < -0.39 is 15.9 Å². The first-order chi connectivity index (χ1) is 13.4. The minimum atomic E-state index is -3.73. The highest BCUT2D eigenvalue weighted by Gasteiger charge is 2.22. The molecule has 0 saturated carbocycles. The van der Waals surface area contributed by atoms with Gasteiger partial charge < -0.3 is 15.0 Å². The smallest absolute Gasteiger partial charge is 0.241 e. The van der Waals surface area contributed by atoms with Crippen LogP contribution in [0.15, 0.2) is 53.4 Å². The third kappa shape index (κ3) is 5.09. The van der Waals surface area contributed by atoms with E-state index in [1.165, 1.54) is 6.07 Å². The van der Waals surface area contributed by atoms with E-state index in [4.69, 9.17) is 4.74 Å². The molecular formula is C20H25N3O4S. The molecule has 1 fully saturated rings. The summed E-state index contributed by atoms with van der Waals surface area (Å²) < 4.78 is 32.3. The summed E-state index contributed by atoms with van der Waals surface area (Å²) >= 11 is 0. The number of aryl methyl sites for hydroxylation is 1. The Hall–Kier alpha value is -2.42. The van der Waals surface area contributed by atoms with Gasteiger partial charge in [0.1, 0.15) is 0 Å². The summed E-state index contributed by atoms with van der Waals surface area (Å²) in [7, 11) is -2.00. The van der Waals surface area contributed by atoms with Crippen LogP contribution in [0.3, 0.4) is 0 Å². The van der Waals surface area contributed by atoms with Crippen LogP contribution in [0, 0.1) is 6.92 Å². The number of nitrogens with zero attached hydrogens (tertiary/aromatic N) is 1. The molecule has 150 valence electrons. The lowest BCUT2D eigenvalue weighted by molar-refractivity contribution is -0.115. The molecule has 1 amide bonds. The minimum absolute atomic E-state index is 0.143. The first-order valence-corrected chi connectivity index (χ1v) is 10.6. The largest absolute Gasteiger partial charge is 0.380 e. The van der Waals surface area contributed by atoms with Crippen LogP contribution < -0.4 is 14.9 Å². The second-order valence-corrected chi connectivity index (χ2v) is 8.60. The van der Waals surface area contributed by atoms with Crippen molar-refractivity contribution in [2.24, 2.45) is 0 Å². The number of nitrogens with one attached hydrogen (secondary N) is 2. The molecule has 1 aliphatic rings.